The molecule has 0 rings (SSSR count). The van der Waals surface area contributed by atoms with Crippen molar-refractivity contribution in [1.82, 2.24) is 9.80 Å². The summed E-state index contributed by atoms with van der Waals surface area (Å²) in [6.45, 7) is 17.2. The van der Waals surface area contributed by atoms with Gasteiger partial charge in [-0.1, -0.05) is 52.8 Å². The molecule has 19 heavy (non-hydrogen) atoms. The molecule has 0 aromatic rings. The molecule has 0 aromatic heterocycles. The fraction of sp³-hybridized carbons (Fsp3) is 0.765. The molecule has 0 spiro atoms. The summed E-state index contributed by atoms with van der Waals surface area (Å²) < 4.78 is 0. The van der Waals surface area contributed by atoms with Gasteiger partial charge in [0.1, 0.15) is 0 Å². The fourth-order valence-corrected chi connectivity index (χ4v) is 1.75. The van der Waals surface area contributed by atoms with E-state index in [0.717, 1.165) is 26.2 Å². The Balaban J connectivity index is 0. The van der Waals surface area contributed by atoms with E-state index in [-0.39, 0.29) is 0 Å². The molecule has 2 nitrogen and oxygen atoms in total. The molecule has 0 saturated heterocycles. The molecule has 0 atom stereocenters. The summed E-state index contributed by atoms with van der Waals surface area (Å²) in [5.41, 5.74) is 1.43. The van der Waals surface area contributed by atoms with E-state index in [2.05, 4.69) is 69.8 Å². The van der Waals surface area contributed by atoms with E-state index in [4.69, 9.17) is 0 Å². The van der Waals surface area contributed by atoms with Gasteiger partial charge < -0.3 is 4.90 Å². The maximum atomic E-state index is 2.49. The van der Waals surface area contributed by atoms with Gasteiger partial charge in [0.05, 0.1) is 0 Å². The Morgan fingerprint density at radius 3 is 2.05 bits per heavy atom. The summed E-state index contributed by atoms with van der Waals surface area (Å²) in [5.74, 6) is 0.619. The first-order valence-corrected chi connectivity index (χ1v) is 7.70. The highest BCUT2D eigenvalue weighted by molar-refractivity contribution is 5.20. The Kier molecular flexibility index (Phi) is 15.1. The number of hydrogen-bond acceptors (Lipinski definition) is 2. The van der Waals surface area contributed by atoms with Crippen LogP contribution in [-0.4, -0.2) is 50.1 Å². The monoisotopic (exact) mass is 268 g/mol. The van der Waals surface area contributed by atoms with Crippen molar-refractivity contribution in [1.29, 1.82) is 0 Å². The maximum absolute atomic E-state index is 2.49. The number of nitrogens with zero attached hydrogens (tertiary/aromatic N) is 2. The van der Waals surface area contributed by atoms with Crippen LogP contribution in [0.4, 0.5) is 0 Å². The zero-order valence-electron chi connectivity index (χ0n) is 14.5. The van der Waals surface area contributed by atoms with Gasteiger partial charge in [0.15, 0.2) is 0 Å². The maximum Gasteiger partial charge on any atom is 0.0230 e. The first kappa shape index (κ1) is 20.7. The van der Waals surface area contributed by atoms with Gasteiger partial charge in [-0.25, -0.2) is 0 Å². The van der Waals surface area contributed by atoms with Crippen molar-refractivity contribution >= 4 is 0 Å². The summed E-state index contributed by atoms with van der Waals surface area (Å²) in [7, 11) is 4.26. The van der Waals surface area contributed by atoms with E-state index in [1.807, 2.05) is 13.8 Å². The van der Waals surface area contributed by atoms with E-state index >= 15 is 0 Å². The van der Waals surface area contributed by atoms with Gasteiger partial charge in [0, 0.05) is 19.6 Å². The molecule has 0 saturated carbocycles. The van der Waals surface area contributed by atoms with E-state index in [9.17, 15) is 0 Å². The molecule has 0 radical (unpaired) electrons. The Morgan fingerprint density at radius 2 is 1.68 bits per heavy atom. The third-order valence-electron chi connectivity index (χ3n) is 2.64. The first-order valence-electron chi connectivity index (χ1n) is 7.70. The highest BCUT2D eigenvalue weighted by Crippen LogP contribution is 2.07. The van der Waals surface area contributed by atoms with Crippen LogP contribution in [0.15, 0.2) is 23.8 Å². The van der Waals surface area contributed by atoms with Crippen LogP contribution in [0.5, 0.6) is 0 Å². The molecule has 0 fully saturated rings. The largest absolute Gasteiger partial charge is 0.308 e. The van der Waals surface area contributed by atoms with Crippen molar-refractivity contribution in [3.8, 4) is 0 Å². The fourth-order valence-electron chi connectivity index (χ4n) is 1.75. The Bertz CT molecular complexity index is 240. The van der Waals surface area contributed by atoms with Crippen molar-refractivity contribution in [2.45, 2.75) is 41.5 Å². The van der Waals surface area contributed by atoms with Gasteiger partial charge in [-0.3, -0.25) is 4.90 Å². The third-order valence-corrected chi connectivity index (χ3v) is 2.64. The molecule has 0 aliphatic rings. The highest BCUT2D eigenvalue weighted by atomic mass is 15.2. The van der Waals surface area contributed by atoms with Crippen molar-refractivity contribution in [3.05, 3.63) is 23.8 Å². The molecule has 0 aliphatic heterocycles. The van der Waals surface area contributed by atoms with E-state index in [1.54, 1.807) is 0 Å². The smallest absolute Gasteiger partial charge is 0.0230 e. The first-order chi connectivity index (χ1) is 8.99. The van der Waals surface area contributed by atoms with Gasteiger partial charge in [-0.2, -0.15) is 0 Å². The molecular formula is C17H36N2. The van der Waals surface area contributed by atoms with E-state index < -0.39 is 0 Å². The van der Waals surface area contributed by atoms with Gasteiger partial charge in [-0.15, -0.1) is 0 Å². The predicted molar refractivity (Wildman–Crippen MR) is 89.8 cm³/mol. The number of hydrogen-bond donors (Lipinski definition) is 0. The summed E-state index contributed by atoms with van der Waals surface area (Å²) in [6.07, 6.45) is 6.73. The lowest BCUT2D eigenvalue weighted by molar-refractivity contribution is 0.268. The zero-order valence-corrected chi connectivity index (χ0v) is 14.5. The van der Waals surface area contributed by atoms with Crippen LogP contribution in [-0.2, 0) is 0 Å². The van der Waals surface area contributed by atoms with E-state index in [0.29, 0.717) is 5.92 Å². The number of likely N-dealkylation sites (N-methyl/N-ethyl adjacent to an activating group) is 2. The summed E-state index contributed by atoms with van der Waals surface area (Å²) >= 11 is 0. The summed E-state index contributed by atoms with van der Waals surface area (Å²) in [4.78, 5) is 4.73. The molecule has 0 unspecified atom stereocenters. The second kappa shape index (κ2) is 13.8. The average Bonchev–Trinajstić information content (AvgIpc) is 2.36. The normalized spacial score (nSPS) is 12.5. The standard InChI is InChI=1S/C15H30N2.C2H6/c1-7-9-15(12-14(3)4)13-17(8-2)11-10-16(5)6;1-2/h7,9,12,14H,8,10-11,13H2,1-6H3;1-2H3/b9-7-,15-12+;. The molecular weight excluding hydrogens is 232 g/mol. The summed E-state index contributed by atoms with van der Waals surface area (Å²) in [5, 5.41) is 0. The molecule has 114 valence electrons. The van der Waals surface area contributed by atoms with Gasteiger partial charge >= 0.3 is 0 Å². The Labute approximate surface area is 122 Å². The van der Waals surface area contributed by atoms with Crippen LogP contribution >= 0.6 is 0 Å². The molecule has 0 amide bonds. The minimum Gasteiger partial charge on any atom is -0.308 e. The van der Waals surface area contributed by atoms with E-state index in [1.165, 1.54) is 5.57 Å². The van der Waals surface area contributed by atoms with Gasteiger partial charge in [-0.05, 0) is 39.1 Å². The predicted octanol–water partition coefficient (Wildman–Crippen LogP) is 4.05. The lowest BCUT2D eigenvalue weighted by atomic mass is 10.1. The molecule has 0 N–H and O–H groups in total. The second-order valence-electron chi connectivity index (χ2n) is 5.16. The lowest BCUT2D eigenvalue weighted by Crippen LogP contribution is -2.33. The minimum atomic E-state index is 0.619. The topological polar surface area (TPSA) is 6.48 Å². The average molecular weight is 268 g/mol. The van der Waals surface area contributed by atoms with Crippen LogP contribution in [0.1, 0.15) is 41.5 Å². The number of allylic oxidation sites excluding steroid dienone is 2. The highest BCUT2D eigenvalue weighted by Gasteiger charge is 2.05. The Hall–Kier alpha value is -0.600. The SMILES string of the molecule is C/C=C\C(=C/C(C)C)CN(CC)CCN(C)C.CC. The molecule has 0 heterocycles. The number of rotatable bonds is 8. The quantitative estimate of drug-likeness (QED) is 0.613. The zero-order chi connectivity index (χ0) is 15.3. The Morgan fingerprint density at radius 1 is 1.11 bits per heavy atom. The molecule has 0 aromatic carbocycles. The van der Waals surface area contributed by atoms with Gasteiger partial charge in [0.2, 0.25) is 0 Å². The molecule has 2 heteroatoms. The van der Waals surface area contributed by atoms with Crippen molar-refractivity contribution in [3.63, 3.8) is 0 Å². The van der Waals surface area contributed by atoms with Crippen LogP contribution < -0.4 is 0 Å². The third kappa shape index (κ3) is 13.6. The molecule has 0 aliphatic carbocycles. The van der Waals surface area contributed by atoms with Crippen molar-refractivity contribution in [2.24, 2.45) is 5.92 Å². The van der Waals surface area contributed by atoms with Crippen molar-refractivity contribution < 1.29 is 0 Å². The van der Waals surface area contributed by atoms with Crippen molar-refractivity contribution in [2.75, 3.05) is 40.3 Å². The van der Waals surface area contributed by atoms with Crippen LogP contribution in [0.25, 0.3) is 0 Å². The van der Waals surface area contributed by atoms with Gasteiger partial charge in [0.25, 0.3) is 0 Å². The van der Waals surface area contributed by atoms with Crippen LogP contribution in [0.3, 0.4) is 0 Å². The minimum absolute atomic E-state index is 0.619. The molecule has 0 bridgehead atoms. The van der Waals surface area contributed by atoms with Crippen LogP contribution in [0, 0.1) is 5.92 Å². The second-order valence-corrected chi connectivity index (χ2v) is 5.16. The lowest BCUT2D eigenvalue weighted by Gasteiger charge is -2.23. The summed E-state index contributed by atoms with van der Waals surface area (Å²) in [6, 6.07) is 0. The van der Waals surface area contributed by atoms with Crippen LogP contribution in [0.2, 0.25) is 0 Å².